The van der Waals surface area contributed by atoms with Crippen molar-refractivity contribution in [1.82, 2.24) is 4.90 Å². The van der Waals surface area contributed by atoms with E-state index in [4.69, 9.17) is 4.74 Å². The molecular weight excluding hydrogens is 304 g/mol. The molecule has 0 aromatic heterocycles. The molecule has 0 saturated carbocycles. The molecule has 0 saturated heterocycles. The second kappa shape index (κ2) is 4.56. The number of fused-ring (bicyclic) bond motifs is 1. The summed E-state index contributed by atoms with van der Waals surface area (Å²) in [5.41, 5.74) is 0.847. The third-order valence-electron chi connectivity index (χ3n) is 2.97. The van der Waals surface area contributed by atoms with E-state index in [2.05, 4.69) is 15.9 Å². The van der Waals surface area contributed by atoms with Crippen LogP contribution in [0.15, 0.2) is 10.5 Å². The molecule has 1 heterocycles. The molecule has 0 bridgehead atoms. The molecule has 2 rings (SSSR count). The first-order valence-electron chi connectivity index (χ1n) is 5.26. The van der Waals surface area contributed by atoms with Crippen LogP contribution in [0.1, 0.15) is 15.9 Å². The number of hydrogen-bond donors (Lipinski definition) is 0. The Balaban J connectivity index is 2.76. The largest absolute Gasteiger partial charge is 0.490 e. The Hall–Kier alpha value is -1.63. The number of nitro benzene ring substituents is 1. The molecule has 6 nitrogen and oxygen atoms in total. The van der Waals surface area contributed by atoms with Crippen molar-refractivity contribution in [2.45, 2.75) is 6.42 Å². The number of hydrogen-bond acceptors (Lipinski definition) is 4. The Bertz CT molecular complexity index is 544. The van der Waals surface area contributed by atoms with E-state index in [-0.39, 0.29) is 22.9 Å². The summed E-state index contributed by atoms with van der Waals surface area (Å²) in [5.74, 6) is -0.216. The fourth-order valence-electron chi connectivity index (χ4n) is 2.04. The molecule has 0 fully saturated rings. The van der Waals surface area contributed by atoms with Gasteiger partial charge in [0.1, 0.15) is 0 Å². The summed E-state index contributed by atoms with van der Waals surface area (Å²) >= 11 is 3.28. The second-order valence-corrected chi connectivity index (χ2v) is 4.85. The monoisotopic (exact) mass is 314 g/mol. The van der Waals surface area contributed by atoms with Crippen molar-refractivity contribution in [3.63, 3.8) is 0 Å². The van der Waals surface area contributed by atoms with Gasteiger partial charge in [-0.3, -0.25) is 14.9 Å². The first kappa shape index (κ1) is 12.8. The van der Waals surface area contributed by atoms with Gasteiger partial charge in [0.15, 0.2) is 0 Å². The summed E-state index contributed by atoms with van der Waals surface area (Å²) in [6.07, 6.45) is 0.645. The minimum absolute atomic E-state index is 0.0368. The molecule has 1 aromatic rings. The number of likely N-dealkylation sites (N-methyl/N-ethyl adjacent to an activating group) is 1. The molecular formula is C11H11BrN2O4. The number of carbonyl (C=O) groups excluding carboxylic acids is 1. The molecule has 0 radical (unpaired) electrons. The standard InChI is InChI=1S/C11H11BrN2O4/c1-13-4-3-6-7(12)5-8(14(16)17)10(18-2)9(6)11(13)15/h5H,3-4H2,1-2H3. The van der Waals surface area contributed by atoms with Crippen LogP contribution in [0.4, 0.5) is 5.69 Å². The molecule has 18 heavy (non-hydrogen) atoms. The maximum atomic E-state index is 12.1. The second-order valence-electron chi connectivity index (χ2n) is 4.00. The molecule has 0 aliphatic carbocycles. The lowest BCUT2D eigenvalue weighted by molar-refractivity contribution is -0.385. The smallest absolute Gasteiger partial charge is 0.312 e. The van der Waals surface area contributed by atoms with E-state index in [9.17, 15) is 14.9 Å². The number of halogens is 1. The van der Waals surface area contributed by atoms with Crippen molar-refractivity contribution >= 4 is 27.5 Å². The molecule has 1 aliphatic rings. The van der Waals surface area contributed by atoms with Gasteiger partial charge in [-0.2, -0.15) is 0 Å². The Morgan fingerprint density at radius 1 is 1.56 bits per heavy atom. The zero-order valence-corrected chi connectivity index (χ0v) is 11.5. The van der Waals surface area contributed by atoms with Crippen LogP contribution in [0.5, 0.6) is 5.75 Å². The molecule has 0 atom stereocenters. The van der Waals surface area contributed by atoms with Crippen LogP contribution in [0, 0.1) is 10.1 Å². The first-order chi connectivity index (χ1) is 8.47. The van der Waals surface area contributed by atoms with Gasteiger partial charge in [-0.25, -0.2) is 0 Å². The first-order valence-corrected chi connectivity index (χ1v) is 6.06. The van der Waals surface area contributed by atoms with Gasteiger partial charge >= 0.3 is 5.69 Å². The minimum atomic E-state index is -0.550. The van der Waals surface area contributed by atoms with Gasteiger partial charge in [0.2, 0.25) is 5.75 Å². The van der Waals surface area contributed by atoms with Gasteiger partial charge in [0, 0.05) is 24.1 Å². The van der Waals surface area contributed by atoms with Gasteiger partial charge in [0.25, 0.3) is 5.91 Å². The molecule has 1 amide bonds. The summed E-state index contributed by atoms with van der Waals surface area (Å²) in [4.78, 5) is 24.1. The zero-order chi connectivity index (χ0) is 13.4. The van der Waals surface area contributed by atoms with Crippen molar-refractivity contribution in [3.8, 4) is 5.75 Å². The number of ether oxygens (including phenoxy) is 1. The number of benzene rings is 1. The highest BCUT2D eigenvalue weighted by molar-refractivity contribution is 9.10. The number of carbonyl (C=O) groups is 1. The highest BCUT2D eigenvalue weighted by Crippen LogP contribution is 2.40. The normalized spacial score (nSPS) is 14.4. The summed E-state index contributed by atoms with van der Waals surface area (Å²) in [7, 11) is 3.00. The van der Waals surface area contributed by atoms with E-state index < -0.39 is 4.92 Å². The summed E-state index contributed by atoms with van der Waals surface area (Å²) in [5, 5.41) is 11.0. The lowest BCUT2D eigenvalue weighted by Gasteiger charge is -2.26. The molecule has 1 aromatic carbocycles. The number of methoxy groups -OCH3 is 1. The molecule has 1 aliphatic heterocycles. The average molecular weight is 315 g/mol. The lowest BCUT2D eigenvalue weighted by Crippen LogP contribution is -2.34. The van der Waals surface area contributed by atoms with Crippen molar-refractivity contribution in [3.05, 3.63) is 31.8 Å². The van der Waals surface area contributed by atoms with Crippen molar-refractivity contribution in [2.75, 3.05) is 20.7 Å². The average Bonchev–Trinajstić information content (AvgIpc) is 2.33. The highest BCUT2D eigenvalue weighted by Gasteiger charge is 2.33. The van der Waals surface area contributed by atoms with Crippen molar-refractivity contribution in [1.29, 1.82) is 0 Å². The maximum Gasteiger partial charge on any atom is 0.312 e. The van der Waals surface area contributed by atoms with Crippen LogP contribution < -0.4 is 4.74 Å². The molecule has 0 N–H and O–H groups in total. The molecule has 96 valence electrons. The van der Waals surface area contributed by atoms with Gasteiger partial charge in [-0.05, 0) is 12.0 Å². The minimum Gasteiger partial charge on any atom is -0.490 e. The van der Waals surface area contributed by atoms with Crippen LogP contribution >= 0.6 is 15.9 Å². The summed E-state index contributed by atoms with van der Waals surface area (Å²) < 4.78 is 5.64. The fourth-order valence-corrected chi connectivity index (χ4v) is 2.66. The van der Waals surface area contributed by atoms with Crippen LogP contribution in [0.25, 0.3) is 0 Å². The summed E-state index contributed by atoms with van der Waals surface area (Å²) in [6.45, 7) is 0.589. The SMILES string of the molecule is COc1c([N+](=O)[O-])cc(Br)c2c1C(=O)N(C)CC2. The fraction of sp³-hybridized carbons (Fsp3) is 0.364. The van der Waals surface area contributed by atoms with E-state index in [0.29, 0.717) is 17.4 Å². The number of amides is 1. The van der Waals surface area contributed by atoms with Gasteiger partial charge in [-0.1, -0.05) is 15.9 Å². The molecule has 0 spiro atoms. The highest BCUT2D eigenvalue weighted by atomic mass is 79.9. The van der Waals surface area contributed by atoms with Crippen LogP contribution in [-0.2, 0) is 6.42 Å². The quantitative estimate of drug-likeness (QED) is 0.618. The zero-order valence-electron chi connectivity index (χ0n) is 9.90. The van der Waals surface area contributed by atoms with Gasteiger partial charge in [0.05, 0.1) is 17.6 Å². The van der Waals surface area contributed by atoms with E-state index in [1.165, 1.54) is 18.1 Å². The van der Waals surface area contributed by atoms with Crippen LogP contribution in [0.2, 0.25) is 0 Å². The third kappa shape index (κ3) is 1.84. The van der Waals surface area contributed by atoms with E-state index in [1.807, 2.05) is 0 Å². The molecule has 7 heteroatoms. The van der Waals surface area contributed by atoms with E-state index >= 15 is 0 Å². The summed E-state index contributed by atoms with van der Waals surface area (Å²) in [6, 6.07) is 1.39. The number of nitrogens with zero attached hydrogens (tertiary/aromatic N) is 2. The molecule has 0 unspecified atom stereocenters. The Kier molecular flexibility index (Phi) is 3.25. The van der Waals surface area contributed by atoms with Crippen molar-refractivity contribution < 1.29 is 14.5 Å². The predicted octanol–water partition coefficient (Wildman–Crippen LogP) is 1.99. The number of nitro groups is 1. The van der Waals surface area contributed by atoms with Crippen molar-refractivity contribution in [2.24, 2.45) is 0 Å². The van der Waals surface area contributed by atoms with E-state index in [0.717, 1.165) is 5.56 Å². The Morgan fingerprint density at radius 3 is 2.78 bits per heavy atom. The van der Waals surface area contributed by atoms with Gasteiger partial charge in [-0.15, -0.1) is 0 Å². The lowest BCUT2D eigenvalue weighted by atomic mass is 9.97. The Morgan fingerprint density at radius 2 is 2.22 bits per heavy atom. The third-order valence-corrected chi connectivity index (χ3v) is 3.68. The van der Waals surface area contributed by atoms with Crippen LogP contribution in [0.3, 0.4) is 0 Å². The predicted molar refractivity (Wildman–Crippen MR) is 68.0 cm³/mol. The Labute approximate surface area is 112 Å². The number of rotatable bonds is 2. The van der Waals surface area contributed by atoms with E-state index in [1.54, 1.807) is 7.05 Å². The van der Waals surface area contributed by atoms with Gasteiger partial charge < -0.3 is 9.64 Å². The van der Waals surface area contributed by atoms with Crippen LogP contribution in [-0.4, -0.2) is 36.4 Å². The maximum absolute atomic E-state index is 12.1. The topological polar surface area (TPSA) is 72.7 Å².